The van der Waals surface area contributed by atoms with Crippen molar-refractivity contribution in [3.63, 3.8) is 0 Å². The molecule has 5 nitrogen and oxygen atoms in total. The van der Waals surface area contributed by atoms with Gasteiger partial charge in [-0.2, -0.15) is 4.98 Å². The average molecular weight is 415 g/mol. The molecule has 0 amide bonds. The predicted octanol–water partition coefficient (Wildman–Crippen LogP) is 5.17. The van der Waals surface area contributed by atoms with E-state index in [1.807, 2.05) is 30.3 Å². The Hall–Kier alpha value is -1.95. The highest BCUT2D eigenvalue weighted by Crippen LogP contribution is 2.51. The van der Waals surface area contributed by atoms with Gasteiger partial charge in [0, 0.05) is 18.3 Å². The van der Waals surface area contributed by atoms with Crippen molar-refractivity contribution >= 4 is 23.2 Å². The van der Waals surface area contributed by atoms with Crippen LogP contribution in [0.1, 0.15) is 42.6 Å². The van der Waals surface area contributed by atoms with E-state index >= 15 is 0 Å². The van der Waals surface area contributed by atoms with E-state index in [0.29, 0.717) is 33.8 Å². The molecule has 2 aliphatic heterocycles. The highest BCUT2D eigenvalue weighted by molar-refractivity contribution is 6.42. The first kappa shape index (κ1) is 18.1. The minimum Gasteiger partial charge on any atom is -0.339 e. The quantitative estimate of drug-likeness (QED) is 0.591. The number of hydrogen-bond acceptors (Lipinski definition) is 5. The van der Waals surface area contributed by atoms with Crippen molar-refractivity contribution in [2.75, 3.05) is 7.05 Å². The van der Waals surface area contributed by atoms with Gasteiger partial charge in [-0.15, -0.1) is 0 Å². The molecule has 144 valence electrons. The van der Waals surface area contributed by atoms with Crippen LogP contribution in [0, 0.1) is 0 Å². The Balaban J connectivity index is 1.55. The zero-order valence-electron chi connectivity index (χ0n) is 15.4. The van der Waals surface area contributed by atoms with E-state index < -0.39 is 0 Å². The molecular weight excluding hydrogens is 395 g/mol. The Labute approximate surface area is 173 Å². The molecule has 5 rings (SSSR count). The molecular formula is C21H20Cl2N4O. The van der Waals surface area contributed by atoms with Crippen LogP contribution in [-0.4, -0.2) is 39.2 Å². The third-order valence-corrected chi connectivity index (χ3v) is 7.00. The molecule has 0 N–H and O–H groups in total. The van der Waals surface area contributed by atoms with Crippen molar-refractivity contribution in [1.29, 1.82) is 0 Å². The van der Waals surface area contributed by atoms with E-state index in [9.17, 15) is 0 Å². The van der Waals surface area contributed by atoms with Gasteiger partial charge in [0.1, 0.15) is 5.69 Å². The van der Waals surface area contributed by atoms with E-state index in [0.717, 1.165) is 18.5 Å². The Kier molecular flexibility index (Phi) is 4.62. The molecule has 0 aliphatic carbocycles. The monoisotopic (exact) mass is 414 g/mol. The highest BCUT2D eigenvalue weighted by atomic mass is 35.5. The molecule has 0 unspecified atom stereocenters. The van der Waals surface area contributed by atoms with Crippen LogP contribution in [0.25, 0.3) is 11.5 Å². The van der Waals surface area contributed by atoms with Crippen molar-refractivity contribution in [1.82, 2.24) is 20.0 Å². The number of rotatable bonds is 3. The number of piperidine rings is 1. The Morgan fingerprint density at radius 3 is 2.79 bits per heavy atom. The van der Waals surface area contributed by atoms with Crippen molar-refractivity contribution < 1.29 is 4.52 Å². The first-order chi connectivity index (χ1) is 13.6. The summed E-state index contributed by atoms with van der Waals surface area (Å²) in [5.41, 5.74) is 1.90. The maximum absolute atomic E-state index is 6.33. The van der Waals surface area contributed by atoms with Crippen molar-refractivity contribution in [2.45, 2.75) is 43.2 Å². The second-order valence-corrected chi connectivity index (χ2v) is 8.49. The lowest BCUT2D eigenvalue weighted by atomic mass is 9.76. The number of aromatic nitrogens is 3. The molecule has 2 aromatic heterocycles. The highest BCUT2D eigenvalue weighted by Gasteiger charge is 2.49. The van der Waals surface area contributed by atoms with Gasteiger partial charge in [-0.05, 0) is 62.1 Å². The number of nitrogens with zero attached hydrogens (tertiary/aromatic N) is 4. The maximum atomic E-state index is 6.33. The van der Waals surface area contributed by atoms with Gasteiger partial charge < -0.3 is 4.52 Å². The Morgan fingerprint density at radius 2 is 2.00 bits per heavy atom. The molecule has 3 aromatic rings. The summed E-state index contributed by atoms with van der Waals surface area (Å²) < 4.78 is 5.78. The van der Waals surface area contributed by atoms with E-state index in [4.69, 9.17) is 32.7 Å². The molecule has 0 radical (unpaired) electrons. The predicted molar refractivity (Wildman–Crippen MR) is 109 cm³/mol. The number of benzene rings is 1. The van der Waals surface area contributed by atoms with E-state index in [1.165, 1.54) is 12.0 Å². The van der Waals surface area contributed by atoms with Gasteiger partial charge in [-0.3, -0.25) is 9.88 Å². The smallest absolute Gasteiger partial charge is 0.232 e. The van der Waals surface area contributed by atoms with E-state index in [-0.39, 0.29) is 11.8 Å². The fourth-order valence-electron chi connectivity index (χ4n) is 4.86. The third kappa shape index (κ3) is 3.02. The van der Waals surface area contributed by atoms with Crippen LogP contribution < -0.4 is 0 Å². The standard InChI is InChI=1S/C21H20Cl2N4O/c1-27-13-6-8-18(27)19(14(11-13)12-5-7-15(22)16(23)10-12)21-25-20(26-28-21)17-4-2-3-9-24-17/h2-5,7,9-10,13-14,18-19H,6,8,11H2,1H3/t13-,14+,18+,19+/m1/s1. The van der Waals surface area contributed by atoms with Crippen LogP contribution in [0.4, 0.5) is 0 Å². The zero-order chi connectivity index (χ0) is 19.3. The molecule has 4 atom stereocenters. The topological polar surface area (TPSA) is 55.1 Å². The Bertz CT molecular complexity index is 993. The second-order valence-electron chi connectivity index (χ2n) is 7.68. The van der Waals surface area contributed by atoms with Gasteiger partial charge in [0.2, 0.25) is 11.7 Å². The fraction of sp³-hybridized carbons (Fsp3) is 0.381. The number of fused-ring (bicyclic) bond motifs is 2. The lowest BCUT2D eigenvalue weighted by Gasteiger charge is -2.41. The molecule has 2 bridgehead atoms. The normalized spacial score (nSPS) is 27.2. The SMILES string of the molecule is CN1[C@@H]2CC[C@H]1[C@@H](c1nc(-c3ccccn3)no1)[C@H](c1ccc(Cl)c(Cl)c1)C2. The summed E-state index contributed by atoms with van der Waals surface area (Å²) in [4.78, 5) is 11.6. The number of likely N-dealkylation sites (N-methyl/N-ethyl adjacent to an activating group) is 1. The summed E-state index contributed by atoms with van der Waals surface area (Å²) in [7, 11) is 2.20. The van der Waals surface area contributed by atoms with Gasteiger partial charge in [0.15, 0.2) is 0 Å². The average Bonchev–Trinajstić information content (AvgIpc) is 3.28. The van der Waals surface area contributed by atoms with E-state index in [1.54, 1.807) is 6.20 Å². The first-order valence-electron chi connectivity index (χ1n) is 9.53. The minimum absolute atomic E-state index is 0.117. The molecule has 1 aromatic carbocycles. The van der Waals surface area contributed by atoms with Crippen molar-refractivity contribution in [3.05, 3.63) is 64.1 Å². The molecule has 4 heterocycles. The molecule has 2 aliphatic rings. The van der Waals surface area contributed by atoms with Crippen molar-refractivity contribution in [2.24, 2.45) is 0 Å². The summed E-state index contributed by atoms with van der Waals surface area (Å²) in [6, 6.07) is 12.6. The lowest BCUT2D eigenvalue weighted by molar-refractivity contribution is 0.120. The summed E-state index contributed by atoms with van der Waals surface area (Å²) in [5.74, 6) is 1.59. The number of pyridine rings is 1. The van der Waals surface area contributed by atoms with Crippen molar-refractivity contribution in [3.8, 4) is 11.5 Å². The van der Waals surface area contributed by atoms with Gasteiger partial charge in [-0.25, -0.2) is 0 Å². The summed E-state index contributed by atoms with van der Waals surface area (Å²) >= 11 is 12.5. The van der Waals surface area contributed by atoms with Crippen LogP contribution in [0.5, 0.6) is 0 Å². The molecule has 2 saturated heterocycles. The first-order valence-corrected chi connectivity index (χ1v) is 10.3. The number of halogens is 2. The van der Waals surface area contributed by atoms with Crippen LogP contribution >= 0.6 is 23.2 Å². The van der Waals surface area contributed by atoms with Gasteiger partial charge in [0.25, 0.3) is 0 Å². The van der Waals surface area contributed by atoms with Crippen LogP contribution in [-0.2, 0) is 0 Å². The lowest BCUT2D eigenvalue weighted by Crippen LogP contribution is -2.44. The second kappa shape index (κ2) is 7.14. The van der Waals surface area contributed by atoms with Gasteiger partial charge in [-0.1, -0.05) is 40.5 Å². The molecule has 28 heavy (non-hydrogen) atoms. The van der Waals surface area contributed by atoms with Crippen LogP contribution in [0.15, 0.2) is 47.1 Å². The molecule has 2 fully saturated rings. The maximum Gasteiger partial charge on any atom is 0.232 e. The fourth-order valence-corrected chi connectivity index (χ4v) is 5.17. The molecule has 0 spiro atoms. The van der Waals surface area contributed by atoms with Crippen LogP contribution in [0.3, 0.4) is 0 Å². The Morgan fingerprint density at radius 1 is 1.11 bits per heavy atom. The van der Waals surface area contributed by atoms with Gasteiger partial charge >= 0.3 is 0 Å². The molecule has 0 saturated carbocycles. The summed E-state index contributed by atoms with van der Waals surface area (Å²) in [5, 5.41) is 5.38. The third-order valence-electron chi connectivity index (χ3n) is 6.26. The molecule has 7 heteroatoms. The van der Waals surface area contributed by atoms with Gasteiger partial charge in [0.05, 0.1) is 16.0 Å². The minimum atomic E-state index is 0.117. The zero-order valence-corrected chi connectivity index (χ0v) is 16.9. The largest absolute Gasteiger partial charge is 0.339 e. The summed E-state index contributed by atoms with van der Waals surface area (Å²) in [6.07, 6.45) is 5.10. The van der Waals surface area contributed by atoms with Crippen LogP contribution in [0.2, 0.25) is 10.0 Å². The van der Waals surface area contributed by atoms with E-state index in [2.05, 4.69) is 28.2 Å². The summed E-state index contributed by atoms with van der Waals surface area (Å²) in [6.45, 7) is 0. The number of hydrogen-bond donors (Lipinski definition) is 0.